The Morgan fingerprint density at radius 2 is 2.31 bits per heavy atom. The van der Waals surface area contributed by atoms with Crippen LogP contribution in [0.15, 0.2) is 45.3 Å². The van der Waals surface area contributed by atoms with Crippen molar-refractivity contribution in [3.63, 3.8) is 0 Å². The van der Waals surface area contributed by atoms with E-state index in [2.05, 4.69) is 12.2 Å². The van der Waals surface area contributed by atoms with Gasteiger partial charge in [-0.1, -0.05) is 18.2 Å². The predicted octanol–water partition coefficient (Wildman–Crippen LogP) is 2.60. The maximum absolute atomic E-state index is 11.5. The van der Waals surface area contributed by atoms with Gasteiger partial charge in [-0.25, -0.2) is 0 Å². The van der Waals surface area contributed by atoms with Crippen molar-refractivity contribution in [2.45, 2.75) is 19.8 Å². The molecule has 1 aromatic heterocycles. The summed E-state index contributed by atoms with van der Waals surface area (Å²) >= 11 is 0. The highest BCUT2D eigenvalue weighted by Gasteiger charge is 2.07. The molecule has 0 amide bonds. The predicted molar refractivity (Wildman–Crippen MR) is 61.7 cm³/mol. The summed E-state index contributed by atoms with van der Waals surface area (Å²) in [6, 6.07) is 1.37. The molecule has 1 aliphatic carbocycles. The number of hydrogen-bond acceptors (Lipinski definition) is 3. The third-order valence-electron chi connectivity index (χ3n) is 2.46. The molecule has 0 aromatic carbocycles. The second-order valence-electron chi connectivity index (χ2n) is 3.72. The minimum absolute atomic E-state index is 0.135. The molecule has 3 heteroatoms. The molecular weight excluding hydrogens is 204 g/mol. The number of hydrogen-bond donors (Lipinski definition) is 0. The van der Waals surface area contributed by atoms with Crippen LogP contribution >= 0.6 is 0 Å². The summed E-state index contributed by atoms with van der Waals surface area (Å²) in [6.07, 6.45) is 9.76. The lowest BCUT2D eigenvalue weighted by Crippen LogP contribution is -2.10. The Kier molecular flexibility index (Phi) is 3.25. The van der Waals surface area contributed by atoms with Crippen LogP contribution in [0.3, 0.4) is 0 Å². The van der Waals surface area contributed by atoms with Crippen molar-refractivity contribution >= 4 is 0 Å². The molecule has 0 radical (unpaired) electrons. The lowest BCUT2D eigenvalue weighted by molar-refractivity contribution is 0.328. The Labute approximate surface area is 94.0 Å². The smallest absolute Gasteiger partial charge is 0.227 e. The summed E-state index contributed by atoms with van der Waals surface area (Å²) in [6.45, 7) is 2.15. The van der Waals surface area contributed by atoms with E-state index in [1.807, 2.05) is 6.08 Å². The van der Waals surface area contributed by atoms with Gasteiger partial charge in [-0.2, -0.15) is 0 Å². The van der Waals surface area contributed by atoms with E-state index in [4.69, 9.17) is 9.15 Å². The Morgan fingerprint density at radius 1 is 1.44 bits per heavy atom. The molecule has 0 N–H and O–H groups in total. The monoisotopic (exact) mass is 218 g/mol. The Balaban J connectivity index is 2.07. The molecule has 0 saturated heterocycles. The fraction of sp³-hybridized carbons (Fsp3) is 0.308. The van der Waals surface area contributed by atoms with Gasteiger partial charge in [0, 0.05) is 6.07 Å². The van der Waals surface area contributed by atoms with Crippen molar-refractivity contribution in [3.05, 3.63) is 52.1 Å². The second kappa shape index (κ2) is 4.84. The normalized spacial score (nSPS) is 14.7. The van der Waals surface area contributed by atoms with Crippen LogP contribution < -0.4 is 10.2 Å². The second-order valence-corrected chi connectivity index (χ2v) is 3.72. The van der Waals surface area contributed by atoms with Crippen LogP contribution in [0.5, 0.6) is 5.75 Å². The first-order valence-electron chi connectivity index (χ1n) is 5.34. The van der Waals surface area contributed by atoms with Gasteiger partial charge in [0.05, 0.1) is 6.26 Å². The van der Waals surface area contributed by atoms with Crippen LogP contribution in [0, 0.1) is 6.92 Å². The van der Waals surface area contributed by atoms with Gasteiger partial charge in [-0.05, 0) is 25.3 Å². The lowest BCUT2D eigenvalue weighted by Gasteiger charge is -2.09. The number of aryl methyl sites for hydroxylation is 1. The van der Waals surface area contributed by atoms with Crippen LogP contribution in [0.4, 0.5) is 0 Å². The topological polar surface area (TPSA) is 39.4 Å². The van der Waals surface area contributed by atoms with Gasteiger partial charge in [0.2, 0.25) is 11.2 Å². The fourth-order valence-corrected chi connectivity index (χ4v) is 1.60. The Bertz CT molecular complexity index is 480. The van der Waals surface area contributed by atoms with Crippen LogP contribution in [0.1, 0.15) is 18.6 Å². The van der Waals surface area contributed by atoms with Crippen LogP contribution in [-0.4, -0.2) is 6.61 Å². The van der Waals surface area contributed by atoms with Gasteiger partial charge < -0.3 is 9.15 Å². The van der Waals surface area contributed by atoms with E-state index in [1.165, 1.54) is 12.3 Å². The molecule has 2 rings (SSSR count). The molecule has 0 unspecified atom stereocenters. The molecule has 0 atom stereocenters. The SMILES string of the molecule is Cc1occc(=O)c1OCC1=CCCC=C1. The van der Waals surface area contributed by atoms with Crippen molar-refractivity contribution in [1.29, 1.82) is 0 Å². The highest BCUT2D eigenvalue weighted by atomic mass is 16.5. The summed E-state index contributed by atoms with van der Waals surface area (Å²) in [7, 11) is 0. The molecule has 0 aliphatic heterocycles. The molecule has 1 heterocycles. The largest absolute Gasteiger partial charge is 0.482 e. The van der Waals surface area contributed by atoms with Crippen molar-refractivity contribution in [2.75, 3.05) is 6.61 Å². The fourth-order valence-electron chi connectivity index (χ4n) is 1.60. The molecular formula is C13H14O3. The Hall–Kier alpha value is -1.77. The number of allylic oxidation sites excluding steroid dienone is 2. The van der Waals surface area contributed by atoms with E-state index in [-0.39, 0.29) is 5.43 Å². The summed E-state index contributed by atoms with van der Waals surface area (Å²) in [5.74, 6) is 0.829. The van der Waals surface area contributed by atoms with Crippen molar-refractivity contribution in [3.8, 4) is 5.75 Å². The zero-order valence-corrected chi connectivity index (χ0v) is 9.23. The summed E-state index contributed by atoms with van der Waals surface area (Å²) in [5.41, 5.74) is 0.970. The van der Waals surface area contributed by atoms with E-state index in [0.717, 1.165) is 18.4 Å². The first kappa shape index (κ1) is 10.7. The van der Waals surface area contributed by atoms with E-state index in [0.29, 0.717) is 18.1 Å². The molecule has 16 heavy (non-hydrogen) atoms. The molecule has 3 nitrogen and oxygen atoms in total. The standard InChI is InChI=1S/C13H14O3/c1-10-13(12(14)7-8-15-10)16-9-11-5-3-2-4-6-11/h3,5-8H,2,4,9H2,1H3. The molecule has 0 bridgehead atoms. The minimum atomic E-state index is -0.135. The maximum atomic E-state index is 11.5. The van der Waals surface area contributed by atoms with Crippen LogP contribution in [0.2, 0.25) is 0 Å². The average Bonchev–Trinajstić information content (AvgIpc) is 2.30. The quantitative estimate of drug-likeness (QED) is 0.782. The molecule has 1 aromatic rings. The number of ether oxygens (including phenoxy) is 1. The van der Waals surface area contributed by atoms with E-state index in [1.54, 1.807) is 6.92 Å². The molecule has 0 saturated carbocycles. The van der Waals surface area contributed by atoms with Crippen molar-refractivity contribution in [2.24, 2.45) is 0 Å². The van der Waals surface area contributed by atoms with Crippen molar-refractivity contribution in [1.82, 2.24) is 0 Å². The highest BCUT2D eigenvalue weighted by Crippen LogP contribution is 2.14. The summed E-state index contributed by atoms with van der Waals surface area (Å²) < 4.78 is 10.6. The first-order chi connectivity index (χ1) is 7.77. The molecule has 1 aliphatic rings. The molecule has 84 valence electrons. The van der Waals surface area contributed by atoms with E-state index >= 15 is 0 Å². The van der Waals surface area contributed by atoms with E-state index in [9.17, 15) is 4.79 Å². The number of rotatable bonds is 3. The molecule has 0 fully saturated rings. The van der Waals surface area contributed by atoms with Crippen LogP contribution in [-0.2, 0) is 0 Å². The van der Waals surface area contributed by atoms with Crippen molar-refractivity contribution < 1.29 is 9.15 Å². The zero-order valence-electron chi connectivity index (χ0n) is 9.23. The highest BCUT2D eigenvalue weighted by molar-refractivity contribution is 5.27. The third-order valence-corrected chi connectivity index (χ3v) is 2.46. The minimum Gasteiger partial charge on any atom is -0.482 e. The maximum Gasteiger partial charge on any atom is 0.227 e. The first-order valence-corrected chi connectivity index (χ1v) is 5.34. The van der Waals surface area contributed by atoms with Gasteiger partial charge in [0.25, 0.3) is 0 Å². The zero-order chi connectivity index (χ0) is 11.4. The van der Waals surface area contributed by atoms with Gasteiger partial charge in [-0.15, -0.1) is 0 Å². The van der Waals surface area contributed by atoms with Crippen LogP contribution in [0.25, 0.3) is 0 Å². The van der Waals surface area contributed by atoms with Gasteiger partial charge in [0.1, 0.15) is 12.4 Å². The molecule has 0 spiro atoms. The van der Waals surface area contributed by atoms with Gasteiger partial charge in [-0.3, -0.25) is 4.79 Å². The lowest BCUT2D eigenvalue weighted by atomic mass is 10.1. The Morgan fingerprint density at radius 3 is 3.00 bits per heavy atom. The average molecular weight is 218 g/mol. The summed E-state index contributed by atoms with van der Waals surface area (Å²) in [4.78, 5) is 11.5. The summed E-state index contributed by atoms with van der Waals surface area (Å²) in [5, 5.41) is 0. The van der Waals surface area contributed by atoms with E-state index < -0.39 is 0 Å². The third kappa shape index (κ3) is 2.42. The van der Waals surface area contributed by atoms with Gasteiger partial charge >= 0.3 is 0 Å². The van der Waals surface area contributed by atoms with Gasteiger partial charge in [0.15, 0.2) is 0 Å².